The lowest BCUT2D eigenvalue weighted by atomic mass is 9.93. The first kappa shape index (κ1) is 26.6. The van der Waals surface area contributed by atoms with Crippen molar-refractivity contribution in [3.63, 3.8) is 0 Å². The molecule has 35 heavy (non-hydrogen) atoms. The highest BCUT2D eigenvalue weighted by atomic mass is 16.2. The van der Waals surface area contributed by atoms with Crippen LogP contribution in [0.25, 0.3) is 0 Å². The van der Waals surface area contributed by atoms with Gasteiger partial charge in [0, 0.05) is 36.2 Å². The lowest BCUT2D eigenvalue weighted by Gasteiger charge is -2.33. The van der Waals surface area contributed by atoms with Crippen molar-refractivity contribution in [3.8, 4) is 0 Å². The van der Waals surface area contributed by atoms with E-state index in [0.717, 1.165) is 48.4 Å². The highest BCUT2D eigenvalue weighted by molar-refractivity contribution is 6.04. The molecule has 2 aromatic carbocycles. The molecule has 3 N–H and O–H groups in total. The molecule has 3 rings (SSSR count). The molecule has 1 saturated heterocycles. The van der Waals surface area contributed by atoms with E-state index in [1.165, 1.54) is 0 Å². The summed E-state index contributed by atoms with van der Waals surface area (Å²) in [6.07, 6.45) is 2.22. The molecule has 0 radical (unpaired) electrons. The van der Waals surface area contributed by atoms with Gasteiger partial charge in [-0.3, -0.25) is 4.79 Å². The van der Waals surface area contributed by atoms with E-state index >= 15 is 0 Å². The number of amides is 3. The van der Waals surface area contributed by atoms with Crippen molar-refractivity contribution in [2.45, 2.75) is 79.2 Å². The number of carbonyl (C=O) groups excluding carboxylic acids is 2. The number of carbonyl (C=O) groups is 2. The van der Waals surface area contributed by atoms with Gasteiger partial charge in [0.25, 0.3) is 5.91 Å². The van der Waals surface area contributed by atoms with E-state index in [1.54, 1.807) is 6.07 Å². The largest absolute Gasteiger partial charge is 0.371 e. The minimum absolute atomic E-state index is 0.0265. The van der Waals surface area contributed by atoms with Crippen molar-refractivity contribution in [1.29, 1.82) is 0 Å². The summed E-state index contributed by atoms with van der Waals surface area (Å²) >= 11 is 0. The monoisotopic (exact) mass is 478 g/mol. The molecule has 3 amide bonds. The van der Waals surface area contributed by atoms with Crippen molar-refractivity contribution < 1.29 is 9.59 Å². The maximum absolute atomic E-state index is 13.1. The molecule has 1 fully saturated rings. The lowest BCUT2D eigenvalue weighted by molar-refractivity contribution is 0.0943. The van der Waals surface area contributed by atoms with E-state index in [2.05, 4.69) is 67.6 Å². The number of piperidine rings is 1. The molecule has 2 aromatic rings. The Bertz CT molecular complexity index is 1010. The van der Waals surface area contributed by atoms with Gasteiger partial charge in [0.15, 0.2) is 0 Å². The van der Waals surface area contributed by atoms with Gasteiger partial charge in [-0.1, -0.05) is 52.8 Å². The number of nitrogens with zero attached hydrogens (tertiary/aromatic N) is 1. The van der Waals surface area contributed by atoms with Crippen molar-refractivity contribution in [2.75, 3.05) is 28.6 Å². The summed E-state index contributed by atoms with van der Waals surface area (Å²) in [7, 11) is 0. The van der Waals surface area contributed by atoms with Gasteiger partial charge in [-0.2, -0.15) is 0 Å². The molecule has 0 unspecified atom stereocenters. The molecule has 1 aliphatic rings. The highest BCUT2D eigenvalue weighted by Crippen LogP contribution is 2.33. The second-order valence-corrected chi connectivity index (χ2v) is 10.7. The van der Waals surface area contributed by atoms with E-state index in [4.69, 9.17) is 0 Å². The Kier molecular flexibility index (Phi) is 8.82. The van der Waals surface area contributed by atoms with Crippen molar-refractivity contribution >= 4 is 29.0 Å². The van der Waals surface area contributed by atoms with Crippen LogP contribution < -0.4 is 20.9 Å². The van der Waals surface area contributed by atoms with Gasteiger partial charge >= 0.3 is 6.03 Å². The first-order valence-corrected chi connectivity index (χ1v) is 13.0. The Labute approximate surface area is 210 Å². The zero-order chi connectivity index (χ0) is 25.7. The molecule has 0 saturated carbocycles. The normalized spacial score (nSPS) is 14.5. The Morgan fingerprint density at radius 2 is 1.49 bits per heavy atom. The Morgan fingerprint density at radius 3 is 2.03 bits per heavy atom. The molecule has 0 atom stereocenters. The third-order valence-electron chi connectivity index (χ3n) is 6.65. The number of benzene rings is 2. The fourth-order valence-corrected chi connectivity index (χ4v) is 4.63. The average Bonchev–Trinajstić information content (AvgIpc) is 2.79. The Morgan fingerprint density at radius 1 is 0.886 bits per heavy atom. The molecule has 0 spiro atoms. The second-order valence-electron chi connectivity index (χ2n) is 10.7. The van der Waals surface area contributed by atoms with E-state index in [9.17, 15) is 9.59 Å². The standard InChI is InChI=1S/C29H42N4O2/c1-18(2)23-9-8-10-24(19(3)4)27(23)32-29(35)31-22-11-12-26(33-15-13-21(7)14-16-33)25(17-22)28(34)30-20(5)6/h8-12,17-21H,13-16H2,1-7H3,(H,30,34)(H2,31,32,35). The van der Waals surface area contributed by atoms with Crippen LogP contribution in [-0.4, -0.2) is 31.1 Å². The average molecular weight is 479 g/mol. The Balaban J connectivity index is 1.87. The molecule has 0 bridgehead atoms. The lowest BCUT2D eigenvalue weighted by Crippen LogP contribution is -2.36. The second kappa shape index (κ2) is 11.6. The summed E-state index contributed by atoms with van der Waals surface area (Å²) in [6.45, 7) is 16.6. The molecule has 1 heterocycles. The molecular formula is C29H42N4O2. The minimum atomic E-state index is -0.310. The third kappa shape index (κ3) is 6.77. The van der Waals surface area contributed by atoms with Crippen LogP contribution in [0.1, 0.15) is 94.6 Å². The summed E-state index contributed by atoms with van der Waals surface area (Å²) < 4.78 is 0. The van der Waals surface area contributed by atoms with E-state index in [-0.39, 0.29) is 29.8 Å². The van der Waals surface area contributed by atoms with E-state index in [0.29, 0.717) is 17.2 Å². The topological polar surface area (TPSA) is 73.5 Å². The van der Waals surface area contributed by atoms with Gasteiger partial charge in [0.2, 0.25) is 0 Å². The van der Waals surface area contributed by atoms with Gasteiger partial charge in [0.05, 0.1) is 5.56 Å². The van der Waals surface area contributed by atoms with Crippen LogP contribution in [0.15, 0.2) is 36.4 Å². The number of anilines is 3. The number of nitrogens with one attached hydrogen (secondary N) is 3. The molecule has 6 nitrogen and oxygen atoms in total. The summed E-state index contributed by atoms with van der Waals surface area (Å²) in [5.41, 5.74) is 5.20. The van der Waals surface area contributed by atoms with E-state index < -0.39 is 0 Å². The van der Waals surface area contributed by atoms with Crippen LogP contribution in [0.5, 0.6) is 0 Å². The van der Waals surface area contributed by atoms with Crippen LogP contribution in [0.3, 0.4) is 0 Å². The van der Waals surface area contributed by atoms with Crippen molar-refractivity contribution in [1.82, 2.24) is 5.32 Å². The SMILES string of the molecule is CC1CCN(c2ccc(NC(=O)Nc3c(C(C)C)cccc3C(C)C)cc2C(=O)NC(C)C)CC1. The van der Waals surface area contributed by atoms with Crippen molar-refractivity contribution in [2.24, 2.45) is 5.92 Å². The van der Waals surface area contributed by atoms with E-state index in [1.807, 2.05) is 32.0 Å². The number of para-hydroxylation sites is 1. The Hall–Kier alpha value is -3.02. The first-order chi connectivity index (χ1) is 16.6. The molecule has 1 aliphatic heterocycles. The zero-order valence-electron chi connectivity index (χ0n) is 22.4. The number of urea groups is 1. The predicted molar refractivity (Wildman–Crippen MR) is 147 cm³/mol. The van der Waals surface area contributed by atoms with Gasteiger partial charge < -0.3 is 20.9 Å². The smallest absolute Gasteiger partial charge is 0.323 e. The number of rotatable bonds is 7. The number of hydrogen-bond acceptors (Lipinski definition) is 3. The van der Waals surface area contributed by atoms with Crippen molar-refractivity contribution in [3.05, 3.63) is 53.1 Å². The van der Waals surface area contributed by atoms with Crippen LogP contribution in [0.2, 0.25) is 0 Å². The van der Waals surface area contributed by atoms with Gasteiger partial charge in [-0.15, -0.1) is 0 Å². The summed E-state index contributed by atoms with van der Waals surface area (Å²) in [5.74, 6) is 1.14. The number of hydrogen-bond donors (Lipinski definition) is 3. The van der Waals surface area contributed by atoms with Gasteiger partial charge in [-0.05, 0) is 73.8 Å². The van der Waals surface area contributed by atoms with Gasteiger partial charge in [-0.25, -0.2) is 4.79 Å². The molecule has 0 aromatic heterocycles. The molecule has 6 heteroatoms. The maximum atomic E-state index is 13.1. The van der Waals surface area contributed by atoms with Gasteiger partial charge in [0.1, 0.15) is 0 Å². The zero-order valence-corrected chi connectivity index (χ0v) is 22.4. The fraction of sp³-hybridized carbons (Fsp3) is 0.517. The van der Waals surface area contributed by atoms with Crippen LogP contribution in [0.4, 0.5) is 21.9 Å². The van der Waals surface area contributed by atoms with Crippen LogP contribution in [0, 0.1) is 5.92 Å². The van der Waals surface area contributed by atoms with Crippen LogP contribution >= 0.6 is 0 Å². The minimum Gasteiger partial charge on any atom is -0.371 e. The molecule has 0 aliphatic carbocycles. The summed E-state index contributed by atoms with van der Waals surface area (Å²) in [6, 6.07) is 11.5. The summed E-state index contributed by atoms with van der Waals surface area (Å²) in [4.78, 5) is 28.4. The summed E-state index contributed by atoms with van der Waals surface area (Å²) in [5, 5.41) is 9.07. The third-order valence-corrected chi connectivity index (χ3v) is 6.65. The van der Waals surface area contributed by atoms with Crippen LogP contribution in [-0.2, 0) is 0 Å². The quantitative estimate of drug-likeness (QED) is 0.403. The maximum Gasteiger partial charge on any atom is 0.323 e. The highest BCUT2D eigenvalue weighted by Gasteiger charge is 2.23. The fourth-order valence-electron chi connectivity index (χ4n) is 4.63. The first-order valence-electron chi connectivity index (χ1n) is 13.0. The predicted octanol–water partition coefficient (Wildman–Crippen LogP) is 6.95. The molecular weight excluding hydrogens is 436 g/mol. The molecule has 190 valence electrons.